The van der Waals surface area contributed by atoms with Crippen molar-refractivity contribution in [2.75, 3.05) is 24.8 Å². The predicted molar refractivity (Wildman–Crippen MR) is 96.4 cm³/mol. The summed E-state index contributed by atoms with van der Waals surface area (Å²) in [7, 11) is 0. The molecule has 0 bridgehead atoms. The second-order valence-corrected chi connectivity index (χ2v) is 7.30. The van der Waals surface area contributed by atoms with Gasteiger partial charge in [0.05, 0.1) is 0 Å². The molecular formula is C19H25N3O4. The Bertz CT molecular complexity index is 687. The molecular weight excluding hydrogens is 334 g/mol. The van der Waals surface area contributed by atoms with E-state index >= 15 is 0 Å². The fourth-order valence-corrected chi connectivity index (χ4v) is 3.94. The minimum absolute atomic E-state index is 0.0725. The molecule has 1 aliphatic carbocycles. The Hall–Kier alpha value is -2.44. The van der Waals surface area contributed by atoms with Crippen LogP contribution in [0.15, 0.2) is 18.2 Å². The summed E-state index contributed by atoms with van der Waals surface area (Å²) in [6.45, 7) is 1.32. The molecule has 26 heavy (non-hydrogen) atoms. The van der Waals surface area contributed by atoms with Gasteiger partial charge >= 0.3 is 6.03 Å². The minimum Gasteiger partial charge on any atom is -0.454 e. The van der Waals surface area contributed by atoms with Gasteiger partial charge in [0.1, 0.15) is 0 Å². The highest BCUT2D eigenvalue weighted by Crippen LogP contribution is 2.37. The molecule has 1 aromatic carbocycles. The van der Waals surface area contributed by atoms with Crippen LogP contribution in [0.25, 0.3) is 0 Å². The lowest BCUT2D eigenvalue weighted by atomic mass is 9.96. The van der Waals surface area contributed by atoms with Gasteiger partial charge in [-0.1, -0.05) is 19.3 Å². The molecule has 3 aliphatic rings. The molecule has 0 aromatic heterocycles. The first-order valence-electron chi connectivity index (χ1n) is 9.43. The second kappa shape index (κ2) is 7.43. The maximum absolute atomic E-state index is 12.4. The number of ether oxygens (including phenoxy) is 2. The molecule has 1 unspecified atom stereocenters. The zero-order valence-electron chi connectivity index (χ0n) is 14.8. The Balaban J connectivity index is 1.28. The van der Waals surface area contributed by atoms with Crippen LogP contribution in [0.1, 0.15) is 38.5 Å². The van der Waals surface area contributed by atoms with Crippen LogP contribution >= 0.6 is 0 Å². The molecule has 1 saturated heterocycles. The first-order valence-corrected chi connectivity index (χ1v) is 9.43. The van der Waals surface area contributed by atoms with Gasteiger partial charge in [-0.05, 0) is 25.0 Å². The average molecular weight is 359 g/mol. The van der Waals surface area contributed by atoms with Crippen molar-refractivity contribution >= 4 is 17.6 Å². The van der Waals surface area contributed by atoms with E-state index in [2.05, 4.69) is 10.6 Å². The highest BCUT2D eigenvalue weighted by molar-refractivity contribution is 5.96. The molecule has 7 nitrogen and oxygen atoms in total. The van der Waals surface area contributed by atoms with Gasteiger partial charge in [0.25, 0.3) is 0 Å². The van der Waals surface area contributed by atoms with Crippen molar-refractivity contribution in [2.45, 2.75) is 44.6 Å². The van der Waals surface area contributed by atoms with Crippen LogP contribution in [-0.4, -0.2) is 37.9 Å². The van der Waals surface area contributed by atoms with Crippen molar-refractivity contribution in [3.05, 3.63) is 18.2 Å². The Morgan fingerprint density at radius 3 is 2.81 bits per heavy atom. The van der Waals surface area contributed by atoms with Gasteiger partial charge in [0.15, 0.2) is 11.5 Å². The number of nitrogens with zero attached hydrogens (tertiary/aromatic N) is 1. The van der Waals surface area contributed by atoms with Gasteiger partial charge in [-0.25, -0.2) is 4.79 Å². The van der Waals surface area contributed by atoms with Gasteiger partial charge in [-0.3, -0.25) is 4.79 Å². The van der Waals surface area contributed by atoms with Crippen LogP contribution in [-0.2, 0) is 4.79 Å². The van der Waals surface area contributed by atoms with Crippen molar-refractivity contribution in [2.24, 2.45) is 5.92 Å². The van der Waals surface area contributed by atoms with Gasteiger partial charge in [0, 0.05) is 43.2 Å². The standard InChI is InChI=1S/C19H25N3O4/c23-18-8-13(10-20-19(24)21-14-4-2-1-3-5-14)11-22(18)15-6-7-16-17(9-15)26-12-25-16/h6-7,9,13-14H,1-5,8,10-12H2,(H2,20,21,24). The molecule has 2 N–H and O–H groups in total. The lowest BCUT2D eigenvalue weighted by Crippen LogP contribution is -2.44. The first-order chi connectivity index (χ1) is 12.7. The summed E-state index contributed by atoms with van der Waals surface area (Å²) < 4.78 is 10.7. The smallest absolute Gasteiger partial charge is 0.315 e. The van der Waals surface area contributed by atoms with E-state index < -0.39 is 0 Å². The van der Waals surface area contributed by atoms with E-state index in [1.54, 1.807) is 4.90 Å². The van der Waals surface area contributed by atoms with Gasteiger partial charge in [-0.15, -0.1) is 0 Å². The fraction of sp³-hybridized carbons (Fsp3) is 0.579. The number of urea groups is 1. The highest BCUT2D eigenvalue weighted by atomic mass is 16.7. The normalized spacial score (nSPS) is 22.5. The van der Waals surface area contributed by atoms with Crippen molar-refractivity contribution in [1.82, 2.24) is 10.6 Å². The number of fused-ring (bicyclic) bond motifs is 1. The summed E-state index contributed by atoms with van der Waals surface area (Å²) >= 11 is 0. The fourth-order valence-electron chi connectivity index (χ4n) is 3.94. The zero-order valence-corrected chi connectivity index (χ0v) is 14.8. The van der Waals surface area contributed by atoms with Crippen molar-refractivity contribution in [3.8, 4) is 11.5 Å². The number of benzene rings is 1. The SMILES string of the molecule is O=C(NCC1CC(=O)N(c2ccc3c(c2)OCO3)C1)NC1CCCCC1. The molecule has 4 rings (SSSR count). The summed E-state index contributed by atoms with van der Waals surface area (Å²) in [5, 5.41) is 5.98. The number of nitrogens with one attached hydrogen (secondary N) is 2. The largest absolute Gasteiger partial charge is 0.454 e. The molecule has 1 atom stereocenters. The first kappa shape index (κ1) is 17.0. The monoisotopic (exact) mass is 359 g/mol. The number of anilines is 1. The number of hydrogen-bond donors (Lipinski definition) is 2. The van der Waals surface area contributed by atoms with E-state index in [-0.39, 0.29) is 24.6 Å². The summed E-state index contributed by atoms with van der Waals surface area (Å²) in [5.41, 5.74) is 0.813. The number of carbonyl (C=O) groups excluding carboxylic acids is 2. The predicted octanol–water partition coefficient (Wildman–Crippen LogP) is 2.40. The second-order valence-electron chi connectivity index (χ2n) is 7.30. The molecule has 1 saturated carbocycles. The third kappa shape index (κ3) is 3.71. The molecule has 0 spiro atoms. The van der Waals surface area contributed by atoms with E-state index in [0.717, 1.165) is 18.5 Å². The van der Waals surface area contributed by atoms with E-state index in [1.807, 2.05) is 18.2 Å². The zero-order chi connectivity index (χ0) is 17.9. The van der Waals surface area contributed by atoms with Crippen LogP contribution in [0, 0.1) is 5.92 Å². The molecule has 2 aliphatic heterocycles. The molecule has 3 amide bonds. The van der Waals surface area contributed by atoms with Crippen LogP contribution in [0.5, 0.6) is 11.5 Å². The molecule has 7 heteroatoms. The molecule has 1 aromatic rings. The Kier molecular flexibility index (Phi) is 4.86. The summed E-state index contributed by atoms with van der Waals surface area (Å²) in [6.07, 6.45) is 6.21. The number of amides is 3. The molecule has 140 valence electrons. The maximum Gasteiger partial charge on any atom is 0.315 e. The molecule has 2 heterocycles. The molecule has 0 radical (unpaired) electrons. The maximum atomic E-state index is 12.4. The summed E-state index contributed by atoms with van der Waals surface area (Å²) in [5.74, 6) is 1.56. The average Bonchev–Trinajstić information content (AvgIpc) is 3.26. The Morgan fingerprint density at radius 1 is 1.15 bits per heavy atom. The van der Waals surface area contributed by atoms with Crippen LogP contribution in [0.4, 0.5) is 10.5 Å². The highest BCUT2D eigenvalue weighted by Gasteiger charge is 2.31. The lowest BCUT2D eigenvalue weighted by molar-refractivity contribution is -0.117. The number of hydrogen-bond acceptors (Lipinski definition) is 4. The third-order valence-electron chi connectivity index (χ3n) is 5.36. The summed E-state index contributed by atoms with van der Waals surface area (Å²) in [4.78, 5) is 26.2. The topological polar surface area (TPSA) is 79.9 Å². The van der Waals surface area contributed by atoms with E-state index in [0.29, 0.717) is 37.1 Å². The van der Waals surface area contributed by atoms with Gasteiger partial charge in [0.2, 0.25) is 12.7 Å². The number of carbonyl (C=O) groups is 2. The Labute approximate surface area is 153 Å². The molecule has 2 fully saturated rings. The third-order valence-corrected chi connectivity index (χ3v) is 5.36. The lowest BCUT2D eigenvalue weighted by Gasteiger charge is -2.23. The van der Waals surface area contributed by atoms with E-state index in [4.69, 9.17) is 9.47 Å². The quantitative estimate of drug-likeness (QED) is 0.865. The summed E-state index contributed by atoms with van der Waals surface area (Å²) in [6, 6.07) is 5.71. The van der Waals surface area contributed by atoms with Crippen LogP contribution in [0.2, 0.25) is 0 Å². The van der Waals surface area contributed by atoms with Crippen LogP contribution in [0.3, 0.4) is 0 Å². The van der Waals surface area contributed by atoms with E-state index in [1.165, 1.54) is 19.3 Å². The van der Waals surface area contributed by atoms with Crippen molar-refractivity contribution in [1.29, 1.82) is 0 Å². The minimum atomic E-state index is -0.120. The van der Waals surface area contributed by atoms with Crippen molar-refractivity contribution in [3.63, 3.8) is 0 Å². The van der Waals surface area contributed by atoms with Crippen LogP contribution < -0.4 is 25.0 Å². The Morgan fingerprint density at radius 2 is 1.96 bits per heavy atom. The number of rotatable bonds is 4. The van der Waals surface area contributed by atoms with E-state index in [9.17, 15) is 9.59 Å². The van der Waals surface area contributed by atoms with Gasteiger partial charge < -0.3 is 25.0 Å². The van der Waals surface area contributed by atoms with Gasteiger partial charge in [-0.2, -0.15) is 0 Å². The van der Waals surface area contributed by atoms with Crippen molar-refractivity contribution < 1.29 is 19.1 Å².